The highest BCUT2D eigenvalue weighted by molar-refractivity contribution is 6.36. The number of hydrogen-bond acceptors (Lipinski definition) is 1. The van der Waals surface area contributed by atoms with Crippen molar-refractivity contribution in [2.24, 2.45) is 0 Å². The molecule has 1 amide bonds. The molecule has 0 aliphatic heterocycles. The zero-order valence-electron chi connectivity index (χ0n) is 20.5. The number of rotatable bonds is 21. The van der Waals surface area contributed by atoms with Gasteiger partial charge in [0, 0.05) is 11.4 Å². The normalized spacial score (nSPS) is 11.1. The summed E-state index contributed by atoms with van der Waals surface area (Å²) in [6.45, 7) is 2.29. The van der Waals surface area contributed by atoms with Crippen molar-refractivity contribution < 1.29 is 4.79 Å². The highest BCUT2D eigenvalue weighted by atomic mass is 35.5. The van der Waals surface area contributed by atoms with Gasteiger partial charge in [0.2, 0.25) is 5.91 Å². The fourth-order valence-corrected chi connectivity index (χ4v) is 4.62. The van der Waals surface area contributed by atoms with Gasteiger partial charge in [-0.3, -0.25) is 4.79 Å². The Hall–Kier alpha value is -0.730. The van der Waals surface area contributed by atoms with E-state index in [1.165, 1.54) is 109 Å². The second-order valence-electron chi connectivity index (χ2n) is 9.29. The summed E-state index contributed by atoms with van der Waals surface area (Å²) < 4.78 is 0. The number of anilines is 1. The first-order chi connectivity index (χ1) is 15.6. The molecule has 0 bridgehead atoms. The fourth-order valence-electron chi connectivity index (χ4n) is 4.17. The maximum absolute atomic E-state index is 12.0. The standard InChI is InChI=1S/C28H47Cl2NO/c1-2-3-4-5-6-7-8-9-10-11-12-13-14-15-16-17-18-19-20-21-28(32)31-27-23-22-25(29)24-26(27)30/h22-24H,2-21H2,1H3,(H,31,32). The van der Waals surface area contributed by atoms with Crippen molar-refractivity contribution in [2.75, 3.05) is 5.32 Å². The summed E-state index contributed by atoms with van der Waals surface area (Å²) in [5, 5.41) is 3.93. The van der Waals surface area contributed by atoms with Crippen LogP contribution in [0.1, 0.15) is 135 Å². The molecule has 32 heavy (non-hydrogen) atoms. The van der Waals surface area contributed by atoms with Crippen LogP contribution in [0.25, 0.3) is 0 Å². The molecular formula is C28H47Cl2NO. The Bertz CT molecular complexity index is 591. The lowest BCUT2D eigenvalue weighted by Gasteiger charge is -2.07. The summed E-state index contributed by atoms with van der Waals surface area (Å²) in [5.41, 5.74) is 0.638. The molecule has 0 aliphatic carbocycles. The van der Waals surface area contributed by atoms with Crippen LogP contribution in [-0.2, 0) is 4.79 Å². The molecule has 1 aromatic carbocycles. The molecule has 0 atom stereocenters. The van der Waals surface area contributed by atoms with E-state index in [4.69, 9.17) is 23.2 Å². The van der Waals surface area contributed by atoms with Gasteiger partial charge in [-0.25, -0.2) is 0 Å². The van der Waals surface area contributed by atoms with Crippen LogP contribution in [0.2, 0.25) is 10.0 Å². The van der Waals surface area contributed by atoms with Crippen LogP contribution in [0.15, 0.2) is 18.2 Å². The van der Waals surface area contributed by atoms with E-state index in [1.54, 1.807) is 18.2 Å². The molecule has 0 saturated heterocycles. The second kappa shape index (κ2) is 20.8. The monoisotopic (exact) mass is 483 g/mol. The Kier molecular flexibility index (Phi) is 19.1. The fraction of sp³-hybridized carbons (Fsp3) is 0.750. The number of carbonyl (C=O) groups excluding carboxylic acids is 1. The van der Waals surface area contributed by atoms with Crippen LogP contribution < -0.4 is 5.32 Å². The van der Waals surface area contributed by atoms with E-state index in [1.807, 2.05) is 0 Å². The molecule has 0 unspecified atom stereocenters. The van der Waals surface area contributed by atoms with Gasteiger partial charge in [-0.05, 0) is 24.6 Å². The Morgan fingerprint density at radius 3 is 1.47 bits per heavy atom. The van der Waals surface area contributed by atoms with Gasteiger partial charge in [0.1, 0.15) is 0 Å². The van der Waals surface area contributed by atoms with Crippen molar-refractivity contribution in [3.05, 3.63) is 28.2 Å². The number of nitrogens with one attached hydrogen (secondary N) is 1. The van der Waals surface area contributed by atoms with E-state index in [0.717, 1.165) is 12.8 Å². The van der Waals surface area contributed by atoms with Crippen molar-refractivity contribution >= 4 is 34.8 Å². The zero-order chi connectivity index (χ0) is 23.3. The largest absolute Gasteiger partial charge is 0.325 e. The maximum atomic E-state index is 12.0. The third-order valence-electron chi connectivity index (χ3n) is 6.21. The lowest BCUT2D eigenvalue weighted by molar-refractivity contribution is -0.116. The van der Waals surface area contributed by atoms with E-state index in [0.29, 0.717) is 22.2 Å². The predicted molar refractivity (Wildman–Crippen MR) is 143 cm³/mol. The summed E-state index contributed by atoms with van der Waals surface area (Å²) in [4.78, 5) is 12.0. The van der Waals surface area contributed by atoms with Crippen molar-refractivity contribution in [1.29, 1.82) is 0 Å². The molecule has 0 radical (unpaired) electrons. The summed E-state index contributed by atoms with van der Waals surface area (Å²) in [5.74, 6) is 0.0289. The maximum Gasteiger partial charge on any atom is 0.224 e. The van der Waals surface area contributed by atoms with Crippen molar-refractivity contribution in [1.82, 2.24) is 0 Å². The van der Waals surface area contributed by atoms with E-state index < -0.39 is 0 Å². The average Bonchev–Trinajstić information content (AvgIpc) is 2.77. The number of amides is 1. The Morgan fingerprint density at radius 2 is 1.06 bits per heavy atom. The predicted octanol–water partition coefficient (Wildman–Crippen LogP) is 10.8. The molecular weight excluding hydrogens is 437 g/mol. The Morgan fingerprint density at radius 1 is 0.656 bits per heavy atom. The number of carbonyl (C=O) groups is 1. The first kappa shape index (κ1) is 29.3. The molecule has 0 saturated carbocycles. The van der Waals surface area contributed by atoms with Crippen molar-refractivity contribution in [3.8, 4) is 0 Å². The lowest BCUT2D eigenvalue weighted by atomic mass is 10.0. The van der Waals surface area contributed by atoms with E-state index >= 15 is 0 Å². The first-order valence-corrected chi connectivity index (χ1v) is 14.1. The quantitative estimate of drug-likeness (QED) is 0.173. The SMILES string of the molecule is CCCCCCCCCCCCCCCCCCCCCC(=O)Nc1ccc(Cl)cc1Cl. The molecule has 1 aromatic rings. The van der Waals surface area contributed by atoms with Crippen LogP contribution in [0.5, 0.6) is 0 Å². The minimum Gasteiger partial charge on any atom is -0.325 e. The highest BCUT2D eigenvalue weighted by Gasteiger charge is 2.06. The summed E-state index contributed by atoms with van der Waals surface area (Å²) >= 11 is 12.0. The van der Waals surface area contributed by atoms with Crippen LogP contribution >= 0.6 is 23.2 Å². The van der Waals surface area contributed by atoms with Gasteiger partial charge in [-0.2, -0.15) is 0 Å². The Labute approximate surface area is 208 Å². The molecule has 0 spiro atoms. The van der Waals surface area contributed by atoms with Crippen molar-refractivity contribution in [3.63, 3.8) is 0 Å². The third-order valence-corrected chi connectivity index (χ3v) is 6.76. The molecule has 1 rings (SSSR count). The average molecular weight is 485 g/mol. The topological polar surface area (TPSA) is 29.1 Å². The molecule has 2 nitrogen and oxygen atoms in total. The highest BCUT2D eigenvalue weighted by Crippen LogP contribution is 2.25. The minimum atomic E-state index is 0.0289. The molecule has 184 valence electrons. The van der Waals surface area contributed by atoms with Gasteiger partial charge >= 0.3 is 0 Å². The summed E-state index contributed by atoms with van der Waals surface area (Å²) in [6, 6.07) is 5.13. The van der Waals surface area contributed by atoms with E-state index in [2.05, 4.69) is 12.2 Å². The van der Waals surface area contributed by atoms with Crippen LogP contribution in [0.4, 0.5) is 5.69 Å². The van der Waals surface area contributed by atoms with Gasteiger partial charge in [0.25, 0.3) is 0 Å². The van der Waals surface area contributed by atoms with Gasteiger partial charge in [0.05, 0.1) is 10.7 Å². The second-order valence-corrected chi connectivity index (χ2v) is 10.1. The molecule has 1 N–H and O–H groups in total. The first-order valence-electron chi connectivity index (χ1n) is 13.4. The molecule has 4 heteroatoms. The van der Waals surface area contributed by atoms with Crippen molar-refractivity contribution in [2.45, 2.75) is 135 Å². The van der Waals surface area contributed by atoms with Crippen LogP contribution in [0, 0.1) is 0 Å². The van der Waals surface area contributed by atoms with Gasteiger partial charge in [0.15, 0.2) is 0 Å². The smallest absolute Gasteiger partial charge is 0.224 e. The molecule has 0 aromatic heterocycles. The van der Waals surface area contributed by atoms with Gasteiger partial charge in [-0.1, -0.05) is 146 Å². The zero-order valence-corrected chi connectivity index (χ0v) is 22.1. The molecule has 0 heterocycles. The lowest BCUT2D eigenvalue weighted by Crippen LogP contribution is -2.11. The van der Waals surface area contributed by atoms with Crippen LogP contribution in [0.3, 0.4) is 0 Å². The number of halogens is 2. The minimum absolute atomic E-state index is 0.0289. The third kappa shape index (κ3) is 16.8. The van der Waals surface area contributed by atoms with Gasteiger partial charge in [-0.15, -0.1) is 0 Å². The van der Waals surface area contributed by atoms with E-state index in [-0.39, 0.29) is 5.91 Å². The Balaban J connectivity index is 1.79. The van der Waals surface area contributed by atoms with Crippen LogP contribution in [-0.4, -0.2) is 5.91 Å². The van der Waals surface area contributed by atoms with Gasteiger partial charge < -0.3 is 5.32 Å². The molecule has 0 aliphatic rings. The number of benzene rings is 1. The summed E-state index contributed by atoms with van der Waals surface area (Å²) in [7, 11) is 0. The summed E-state index contributed by atoms with van der Waals surface area (Å²) in [6.07, 6.45) is 26.4. The number of hydrogen-bond donors (Lipinski definition) is 1. The number of unbranched alkanes of at least 4 members (excludes halogenated alkanes) is 18. The molecule has 0 fully saturated rings. The van der Waals surface area contributed by atoms with E-state index in [9.17, 15) is 4.79 Å².